The number of benzene rings is 1. The first-order valence-electron chi connectivity index (χ1n) is 9.30. The number of rotatable bonds is 3. The third-order valence-corrected chi connectivity index (χ3v) is 5.44. The van der Waals surface area contributed by atoms with Crippen molar-refractivity contribution in [3.8, 4) is 5.75 Å². The van der Waals surface area contributed by atoms with Gasteiger partial charge in [-0.1, -0.05) is 25.1 Å². The Bertz CT molecular complexity index is 924. The lowest BCUT2D eigenvalue weighted by atomic mass is 9.92. The van der Waals surface area contributed by atoms with Gasteiger partial charge >= 0.3 is 6.09 Å². The number of anilines is 1. The summed E-state index contributed by atoms with van der Waals surface area (Å²) in [4.78, 5) is 24.2. The van der Waals surface area contributed by atoms with Crippen molar-refractivity contribution in [2.24, 2.45) is 5.92 Å². The monoisotopic (exact) mass is 364 g/mol. The van der Waals surface area contributed by atoms with Crippen LogP contribution in [0.4, 0.5) is 10.5 Å². The van der Waals surface area contributed by atoms with Gasteiger partial charge in [0, 0.05) is 49.6 Å². The van der Waals surface area contributed by atoms with Gasteiger partial charge in [0.25, 0.3) is 0 Å². The van der Waals surface area contributed by atoms with E-state index in [1.165, 1.54) is 0 Å². The van der Waals surface area contributed by atoms with Crippen LogP contribution in [0.25, 0.3) is 11.0 Å². The van der Waals surface area contributed by atoms with Crippen molar-refractivity contribution in [1.82, 2.24) is 14.9 Å². The molecule has 0 saturated carbocycles. The highest BCUT2D eigenvalue weighted by atomic mass is 16.6. The molecule has 0 aliphatic carbocycles. The molecule has 0 unspecified atom stereocenters. The number of hydrogen-bond donors (Lipinski definition) is 1. The van der Waals surface area contributed by atoms with Gasteiger partial charge in [0.05, 0.1) is 0 Å². The summed E-state index contributed by atoms with van der Waals surface area (Å²) < 4.78 is 5.53. The van der Waals surface area contributed by atoms with Gasteiger partial charge in [-0.3, -0.25) is 0 Å². The van der Waals surface area contributed by atoms with Crippen LogP contribution in [0, 0.1) is 5.92 Å². The molecule has 2 atom stereocenters. The van der Waals surface area contributed by atoms with Gasteiger partial charge in [-0.25, -0.2) is 9.78 Å². The highest BCUT2D eigenvalue weighted by Crippen LogP contribution is 2.30. The standard InChI is InChI=1S/C21H24N4O2/c1-15-10-13-25(21(26)27-16-6-4-3-5-7-16)14-19(15)24(2)18-9-12-23-20-17(18)8-11-22-20/h3-9,11-12,15,19H,10,13-14H2,1-2H3,(H,22,23)/t15-,19+/m1/s1. The largest absolute Gasteiger partial charge is 0.415 e. The topological polar surface area (TPSA) is 61.5 Å². The second-order valence-corrected chi connectivity index (χ2v) is 7.14. The molecule has 1 saturated heterocycles. The zero-order chi connectivity index (χ0) is 18.8. The molecule has 6 heteroatoms. The molecule has 1 fully saturated rings. The molecular formula is C21H24N4O2. The van der Waals surface area contributed by atoms with Crippen molar-refractivity contribution in [3.05, 3.63) is 54.9 Å². The second kappa shape index (κ2) is 7.31. The van der Waals surface area contributed by atoms with E-state index in [-0.39, 0.29) is 12.1 Å². The summed E-state index contributed by atoms with van der Waals surface area (Å²) in [6, 6.07) is 13.5. The predicted molar refractivity (Wildman–Crippen MR) is 106 cm³/mol. The molecule has 1 aromatic carbocycles. The van der Waals surface area contributed by atoms with Crippen molar-refractivity contribution >= 4 is 22.8 Å². The molecule has 0 bridgehead atoms. The number of ether oxygens (including phenoxy) is 1. The summed E-state index contributed by atoms with van der Waals surface area (Å²) in [5, 5.41) is 1.09. The van der Waals surface area contributed by atoms with Gasteiger partial charge in [0.2, 0.25) is 0 Å². The Morgan fingerprint density at radius 1 is 1.26 bits per heavy atom. The summed E-state index contributed by atoms with van der Waals surface area (Å²) in [6.07, 6.45) is 4.39. The minimum absolute atomic E-state index is 0.211. The van der Waals surface area contributed by atoms with Crippen LogP contribution in [0.15, 0.2) is 54.9 Å². The third kappa shape index (κ3) is 3.47. The zero-order valence-electron chi connectivity index (χ0n) is 15.6. The number of aromatic nitrogens is 2. The summed E-state index contributed by atoms with van der Waals surface area (Å²) in [5.74, 6) is 1.05. The van der Waals surface area contributed by atoms with E-state index in [1.54, 1.807) is 12.1 Å². The second-order valence-electron chi connectivity index (χ2n) is 7.14. The average molecular weight is 364 g/mol. The molecule has 3 heterocycles. The van der Waals surface area contributed by atoms with Gasteiger partial charge in [-0.05, 0) is 36.6 Å². The van der Waals surface area contributed by atoms with Crippen molar-refractivity contribution in [3.63, 3.8) is 0 Å². The van der Waals surface area contributed by atoms with Crippen LogP contribution in [0.5, 0.6) is 5.75 Å². The first-order valence-corrected chi connectivity index (χ1v) is 9.30. The highest BCUT2D eigenvalue weighted by Gasteiger charge is 2.33. The van der Waals surface area contributed by atoms with Gasteiger partial charge in [-0.2, -0.15) is 0 Å². The molecule has 0 spiro atoms. The fourth-order valence-electron chi connectivity index (χ4n) is 3.81. The van der Waals surface area contributed by atoms with E-state index in [0.717, 1.165) is 23.1 Å². The highest BCUT2D eigenvalue weighted by molar-refractivity contribution is 5.89. The third-order valence-electron chi connectivity index (χ3n) is 5.44. The van der Waals surface area contributed by atoms with Gasteiger partial charge in [0.15, 0.2) is 0 Å². The fourth-order valence-corrected chi connectivity index (χ4v) is 3.81. The number of carbonyl (C=O) groups excluding carboxylic acids is 1. The molecule has 6 nitrogen and oxygen atoms in total. The van der Waals surface area contributed by atoms with Gasteiger partial charge in [0.1, 0.15) is 11.4 Å². The Kier molecular flexibility index (Phi) is 4.71. The lowest BCUT2D eigenvalue weighted by Gasteiger charge is -2.42. The fraction of sp³-hybridized carbons (Fsp3) is 0.333. The Hall–Kier alpha value is -3.02. The Balaban J connectivity index is 1.52. The number of hydrogen-bond acceptors (Lipinski definition) is 4. The first-order chi connectivity index (χ1) is 13.1. The minimum atomic E-state index is -0.284. The maximum atomic E-state index is 12.6. The number of aromatic amines is 1. The van der Waals surface area contributed by atoms with E-state index in [1.807, 2.05) is 47.6 Å². The molecule has 1 aliphatic heterocycles. The van der Waals surface area contributed by atoms with Gasteiger partial charge < -0.3 is 19.5 Å². The van der Waals surface area contributed by atoms with Crippen LogP contribution in [-0.4, -0.2) is 47.1 Å². The van der Waals surface area contributed by atoms with E-state index < -0.39 is 0 Å². The number of likely N-dealkylation sites (N-methyl/N-ethyl adjacent to an activating group) is 1. The molecule has 1 amide bonds. The van der Waals surface area contributed by atoms with Crippen molar-refractivity contribution in [2.75, 3.05) is 25.0 Å². The minimum Gasteiger partial charge on any atom is -0.410 e. The average Bonchev–Trinajstić information content (AvgIpc) is 3.17. The zero-order valence-corrected chi connectivity index (χ0v) is 15.6. The molecule has 2 aromatic heterocycles. The summed E-state index contributed by atoms with van der Waals surface area (Å²) in [6.45, 7) is 3.60. The maximum absolute atomic E-state index is 12.6. The summed E-state index contributed by atoms with van der Waals surface area (Å²) in [5.41, 5.74) is 2.00. The van der Waals surface area contributed by atoms with E-state index in [2.05, 4.69) is 28.8 Å². The number of amides is 1. The normalized spacial score (nSPS) is 19.9. The molecule has 1 aliphatic rings. The number of H-pyrrole nitrogens is 1. The van der Waals surface area contributed by atoms with Crippen LogP contribution in [-0.2, 0) is 0 Å². The number of nitrogens with zero attached hydrogens (tertiary/aromatic N) is 3. The van der Waals surface area contributed by atoms with E-state index in [0.29, 0.717) is 24.8 Å². The predicted octanol–water partition coefficient (Wildman–Crippen LogP) is 3.91. The number of carbonyl (C=O) groups is 1. The Morgan fingerprint density at radius 2 is 2.07 bits per heavy atom. The number of pyridine rings is 1. The number of piperidine rings is 1. The lowest BCUT2D eigenvalue weighted by molar-refractivity contribution is 0.124. The molecule has 0 radical (unpaired) electrons. The molecule has 140 valence electrons. The number of fused-ring (bicyclic) bond motifs is 1. The van der Waals surface area contributed by atoms with E-state index in [9.17, 15) is 4.79 Å². The quantitative estimate of drug-likeness (QED) is 0.765. The number of nitrogens with one attached hydrogen (secondary N) is 1. The van der Waals surface area contributed by atoms with E-state index >= 15 is 0 Å². The molecule has 1 N–H and O–H groups in total. The van der Waals surface area contributed by atoms with Crippen molar-refractivity contribution in [1.29, 1.82) is 0 Å². The molecule has 4 rings (SSSR count). The lowest BCUT2D eigenvalue weighted by Crippen LogP contribution is -2.53. The summed E-state index contributed by atoms with van der Waals surface area (Å²) in [7, 11) is 2.09. The molecule has 27 heavy (non-hydrogen) atoms. The van der Waals surface area contributed by atoms with E-state index in [4.69, 9.17) is 4.74 Å². The molecule has 3 aromatic rings. The van der Waals surface area contributed by atoms with Crippen LogP contribution in [0.1, 0.15) is 13.3 Å². The van der Waals surface area contributed by atoms with Crippen LogP contribution in [0.3, 0.4) is 0 Å². The Labute approximate surface area is 158 Å². The van der Waals surface area contributed by atoms with Crippen LogP contribution >= 0.6 is 0 Å². The smallest absolute Gasteiger partial charge is 0.410 e. The number of likely N-dealkylation sites (tertiary alicyclic amines) is 1. The first kappa shape index (κ1) is 17.4. The molecular weight excluding hydrogens is 340 g/mol. The number of para-hydroxylation sites is 1. The van der Waals surface area contributed by atoms with Crippen molar-refractivity contribution in [2.45, 2.75) is 19.4 Å². The van der Waals surface area contributed by atoms with Crippen molar-refractivity contribution < 1.29 is 9.53 Å². The maximum Gasteiger partial charge on any atom is 0.415 e. The van der Waals surface area contributed by atoms with Crippen LogP contribution < -0.4 is 9.64 Å². The van der Waals surface area contributed by atoms with Gasteiger partial charge in [-0.15, -0.1) is 0 Å². The van der Waals surface area contributed by atoms with Crippen LogP contribution in [0.2, 0.25) is 0 Å². The summed E-state index contributed by atoms with van der Waals surface area (Å²) >= 11 is 0. The Morgan fingerprint density at radius 3 is 2.89 bits per heavy atom. The SMILES string of the molecule is C[C@@H]1CCN(C(=O)Oc2ccccc2)C[C@@H]1N(C)c1ccnc2[nH]ccc12.